The number of anilines is 1. The standard InChI is InChI=1S/C19H30N4O5S/c1-12-9-15(22(4)18(25)26)10-13(2)16(12)11-14(3)29(27,28)23-7-5-19(21,6-8-23)17(20)24/h9-10,14H,5-8,11,21H2,1-4H3,(H2,20,24)(H,25,26). The van der Waals surface area contributed by atoms with Crippen molar-refractivity contribution in [2.24, 2.45) is 11.5 Å². The van der Waals surface area contributed by atoms with Crippen molar-refractivity contribution in [2.45, 2.75) is 50.8 Å². The van der Waals surface area contributed by atoms with E-state index in [0.29, 0.717) is 12.1 Å². The van der Waals surface area contributed by atoms with E-state index < -0.39 is 32.8 Å². The monoisotopic (exact) mass is 426 g/mol. The van der Waals surface area contributed by atoms with Crippen molar-refractivity contribution >= 4 is 27.7 Å². The number of hydrogen-bond acceptors (Lipinski definition) is 5. The number of benzene rings is 1. The molecule has 9 nitrogen and oxygen atoms in total. The predicted molar refractivity (Wildman–Crippen MR) is 111 cm³/mol. The summed E-state index contributed by atoms with van der Waals surface area (Å²) in [5.41, 5.74) is 13.2. The number of carbonyl (C=O) groups excluding carboxylic acids is 1. The van der Waals surface area contributed by atoms with E-state index in [4.69, 9.17) is 16.6 Å². The molecule has 1 aromatic carbocycles. The summed E-state index contributed by atoms with van der Waals surface area (Å²) in [6.45, 7) is 5.66. The second kappa shape index (κ2) is 8.29. The minimum Gasteiger partial charge on any atom is -0.465 e. The van der Waals surface area contributed by atoms with E-state index >= 15 is 0 Å². The van der Waals surface area contributed by atoms with Gasteiger partial charge in [0.2, 0.25) is 15.9 Å². The SMILES string of the molecule is Cc1cc(N(C)C(=O)O)cc(C)c1CC(C)S(=O)(=O)N1CCC(N)(C(N)=O)CC1. The van der Waals surface area contributed by atoms with Crippen molar-refractivity contribution in [1.82, 2.24) is 4.31 Å². The summed E-state index contributed by atoms with van der Waals surface area (Å²) in [6.07, 6.45) is -0.369. The van der Waals surface area contributed by atoms with Gasteiger partial charge < -0.3 is 16.6 Å². The highest BCUT2D eigenvalue weighted by atomic mass is 32.2. The molecule has 1 aliphatic heterocycles. The molecule has 5 N–H and O–H groups in total. The maximum absolute atomic E-state index is 13.0. The Bertz CT molecular complexity index is 884. The Morgan fingerprint density at radius 3 is 2.14 bits per heavy atom. The minimum absolute atomic E-state index is 0.159. The molecule has 1 aromatic rings. The van der Waals surface area contributed by atoms with E-state index in [1.807, 2.05) is 13.8 Å². The molecule has 162 valence electrons. The molecule has 1 aliphatic rings. The molecule has 0 bridgehead atoms. The number of sulfonamides is 1. The molecule has 29 heavy (non-hydrogen) atoms. The third kappa shape index (κ3) is 4.71. The topological polar surface area (TPSA) is 147 Å². The van der Waals surface area contributed by atoms with E-state index in [-0.39, 0.29) is 25.9 Å². The molecule has 2 rings (SSSR count). The number of carboxylic acid groups (broad SMARTS) is 1. The van der Waals surface area contributed by atoms with Crippen molar-refractivity contribution in [3.05, 3.63) is 28.8 Å². The lowest BCUT2D eigenvalue weighted by molar-refractivity contribution is -0.124. The Labute approximate surface area is 171 Å². The summed E-state index contributed by atoms with van der Waals surface area (Å²) >= 11 is 0. The van der Waals surface area contributed by atoms with Crippen molar-refractivity contribution in [1.29, 1.82) is 0 Å². The maximum Gasteiger partial charge on any atom is 0.411 e. The second-order valence-corrected chi connectivity index (χ2v) is 10.2. The summed E-state index contributed by atoms with van der Waals surface area (Å²) in [4.78, 5) is 23.8. The normalized spacial score (nSPS) is 18.2. The molecule has 10 heteroatoms. The van der Waals surface area contributed by atoms with Crippen LogP contribution in [0.5, 0.6) is 0 Å². The molecule has 0 aromatic heterocycles. The first kappa shape index (κ1) is 23.1. The van der Waals surface area contributed by atoms with E-state index in [2.05, 4.69) is 0 Å². The smallest absolute Gasteiger partial charge is 0.411 e. The average Bonchev–Trinajstić information content (AvgIpc) is 2.63. The van der Waals surface area contributed by atoms with Crippen molar-refractivity contribution in [3.63, 3.8) is 0 Å². The number of carbonyl (C=O) groups is 2. The average molecular weight is 427 g/mol. The van der Waals surface area contributed by atoms with Crippen LogP contribution in [0.15, 0.2) is 12.1 Å². The van der Waals surface area contributed by atoms with Gasteiger partial charge in [-0.2, -0.15) is 0 Å². The number of piperidine rings is 1. The molecule has 1 fully saturated rings. The molecule has 1 atom stereocenters. The lowest BCUT2D eigenvalue weighted by Crippen LogP contribution is -2.59. The zero-order valence-electron chi connectivity index (χ0n) is 17.3. The minimum atomic E-state index is -3.59. The van der Waals surface area contributed by atoms with Gasteiger partial charge in [-0.05, 0) is 68.9 Å². The van der Waals surface area contributed by atoms with Crippen molar-refractivity contribution in [2.75, 3.05) is 25.0 Å². The Morgan fingerprint density at radius 2 is 1.72 bits per heavy atom. The van der Waals surface area contributed by atoms with E-state index in [9.17, 15) is 18.0 Å². The van der Waals surface area contributed by atoms with Crippen molar-refractivity contribution in [3.8, 4) is 0 Å². The summed E-state index contributed by atoms with van der Waals surface area (Å²) in [7, 11) is -2.13. The van der Waals surface area contributed by atoms with Crippen molar-refractivity contribution < 1.29 is 23.1 Å². The van der Waals surface area contributed by atoms with Gasteiger partial charge in [0, 0.05) is 25.8 Å². The van der Waals surface area contributed by atoms with Crippen LogP contribution in [-0.2, 0) is 21.2 Å². The fourth-order valence-electron chi connectivity index (χ4n) is 3.63. The summed E-state index contributed by atoms with van der Waals surface area (Å²) in [5, 5.41) is 8.48. The number of amides is 2. The first-order valence-corrected chi connectivity index (χ1v) is 10.9. The van der Waals surface area contributed by atoms with Gasteiger partial charge in [-0.25, -0.2) is 17.5 Å². The van der Waals surface area contributed by atoms with E-state index in [0.717, 1.165) is 21.6 Å². The number of hydrogen-bond donors (Lipinski definition) is 3. The van der Waals surface area contributed by atoms with Gasteiger partial charge in [0.15, 0.2) is 0 Å². The van der Waals surface area contributed by atoms with Crippen LogP contribution < -0.4 is 16.4 Å². The zero-order chi connectivity index (χ0) is 22.1. The lowest BCUT2D eigenvalue weighted by Gasteiger charge is -2.37. The molecule has 0 spiro atoms. The van der Waals surface area contributed by atoms with Crippen LogP contribution in [0.4, 0.5) is 10.5 Å². The highest BCUT2D eigenvalue weighted by molar-refractivity contribution is 7.89. The van der Waals surface area contributed by atoms with Crippen LogP contribution in [0.1, 0.15) is 36.5 Å². The molecule has 0 saturated carbocycles. The molecule has 1 saturated heterocycles. The van der Waals surface area contributed by atoms with Crippen LogP contribution in [0, 0.1) is 13.8 Å². The van der Waals surface area contributed by atoms with Crippen LogP contribution in [0.25, 0.3) is 0 Å². The van der Waals surface area contributed by atoms with Gasteiger partial charge in [-0.1, -0.05) is 0 Å². The number of rotatable bonds is 6. The van der Waals surface area contributed by atoms with Gasteiger partial charge in [0.25, 0.3) is 0 Å². The summed E-state index contributed by atoms with van der Waals surface area (Å²) < 4.78 is 27.5. The summed E-state index contributed by atoms with van der Waals surface area (Å²) in [5.74, 6) is -0.611. The summed E-state index contributed by atoms with van der Waals surface area (Å²) in [6, 6.07) is 3.48. The predicted octanol–water partition coefficient (Wildman–Crippen LogP) is 0.957. The molecule has 0 aliphatic carbocycles. The van der Waals surface area contributed by atoms with E-state index in [1.165, 1.54) is 11.4 Å². The molecule has 1 heterocycles. The molecule has 2 amide bonds. The maximum atomic E-state index is 13.0. The fraction of sp³-hybridized carbons (Fsp3) is 0.579. The third-order valence-electron chi connectivity index (χ3n) is 5.82. The second-order valence-electron chi connectivity index (χ2n) is 7.88. The van der Waals surface area contributed by atoms with Gasteiger partial charge in [0.1, 0.15) is 0 Å². The number of nitrogens with zero attached hydrogens (tertiary/aromatic N) is 2. The molecular weight excluding hydrogens is 396 g/mol. The van der Waals surface area contributed by atoms with Crippen LogP contribution >= 0.6 is 0 Å². The Morgan fingerprint density at radius 1 is 1.24 bits per heavy atom. The molecular formula is C19H30N4O5S. The Balaban J connectivity index is 2.18. The fourth-order valence-corrected chi connectivity index (χ4v) is 5.21. The molecule has 1 unspecified atom stereocenters. The van der Waals surface area contributed by atoms with Gasteiger partial charge >= 0.3 is 6.09 Å². The van der Waals surface area contributed by atoms with Crippen LogP contribution in [-0.4, -0.2) is 60.8 Å². The van der Waals surface area contributed by atoms with Gasteiger partial charge in [0.05, 0.1) is 10.8 Å². The largest absolute Gasteiger partial charge is 0.465 e. The number of aryl methyl sites for hydroxylation is 2. The Hall–Kier alpha value is -2.17. The van der Waals surface area contributed by atoms with Gasteiger partial charge in [-0.3, -0.25) is 9.69 Å². The molecule has 0 radical (unpaired) electrons. The highest BCUT2D eigenvalue weighted by Crippen LogP contribution is 2.28. The van der Waals surface area contributed by atoms with Gasteiger partial charge in [-0.15, -0.1) is 0 Å². The van der Waals surface area contributed by atoms with Crippen LogP contribution in [0.2, 0.25) is 0 Å². The first-order chi connectivity index (χ1) is 13.3. The van der Waals surface area contributed by atoms with Crippen LogP contribution in [0.3, 0.4) is 0 Å². The quantitative estimate of drug-likeness (QED) is 0.617. The third-order valence-corrected chi connectivity index (χ3v) is 8.09. The zero-order valence-corrected chi connectivity index (χ0v) is 18.1. The Kier molecular flexibility index (Phi) is 6.61. The number of primary amides is 1. The highest BCUT2D eigenvalue weighted by Gasteiger charge is 2.40. The number of nitrogens with two attached hydrogens (primary N) is 2. The van der Waals surface area contributed by atoms with E-state index in [1.54, 1.807) is 19.1 Å². The first-order valence-electron chi connectivity index (χ1n) is 9.44. The lowest BCUT2D eigenvalue weighted by atomic mass is 9.89.